The van der Waals surface area contributed by atoms with Crippen molar-refractivity contribution in [1.82, 2.24) is 5.32 Å². The lowest BCUT2D eigenvalue weighted by Crippen LogP contribution is -2.55. The van der Waals surface area contributed by atoms with Gasteiger partial charge in [-0.3, -0.25) is 4.79 Å². The highest BCUT2D eigenvalue weighted by Crippen LogP contribution is 2.59. The van der Waals surface area contributed by atoms with Gasteiger partial charge in [-0.25, -0.2) is 4.39 Å². The lowest BCUT2D eigenvalue weighted by Gasteiger charge is -2.57. The van der Waals surface area contributed by atoms with E-state index in [1.807, 2.05) is 6.92 Å². The number of carbonyl (C=O) groups excluding carboxylic acids is 1. The number of benzene rings is 2. The first-order chi connectivity index (χ1) is 16.3. The number of hydrogen-bond acceptors (Lipinski definition) is 3. The van der Waals surface area contributed by atoms with Crippen LogP contribution in [0.4, 0.5) is 4.39 Å². The molecule has 2 nitrogen and oxygen atoms in total. The van der Waals surface area contributed by atoms with Crippen molar-refractivity contribution in [2.45, 2.75) is 58.4 Å². The first kappa shape index (κ1) is 23.0. The van der Waals surface area contributed by atoms with Crippen LogP contribution in [0.25, 0.3) is 16.8 Å². The Bertz CT molecular complexity index is 1210. The molecule has 1 aromatic heterocycles. The van der Waals surface area contributed by atoms with E-state index < -0.39 is 0 Å². The number of nitrogens with one attached hydrogen (secondary N) is 1. The molecule has 0 saturated heterocycles. The van der Waals surface area contributed by atoms with Gasteiger partial charge in [-0.15, -0.1) is 11.3 Å². The standard InChI is InChI=1S/C30H32FNOS/c1-4-21-11-25(14-27(31)13-21)23-7-5-22(6-8-23)12-24-9-10-34-29(24)19(2)32-28-17-30(18-28)15-26(16-30)20(3)33/h5-11,13-14,26,28,32H,2,4,12,15-18H2,1,3H3. The quantitative estimate of drug-likeness (QED) is 0.369. The van der Waals surface area contributed by atoms with Gasteiger partial charge in [-0.05, 0) is 102 Å². The molecular formula is C30H32FNOS. The second kappa shape index (κ2) is 9.14. The maximum atomic E-state index is 14.0. The largest absolute Gasteiger partial charge is 0.382 e. The molecule has 0 unspecified atom stereocenters. The summed E-state index contributed by atoms with van der Waals surface area (Å²) in [5.41, 5.74) is 6.91. The van der Waals surface area contributed by atoms with Crippen LogP contribution in [0.2, 0.25) is 0 Å². The van der Waals surface area contributed by atoms with Crippen LogP contribution in [0.1, 0.15) is 61.1 Å². The lowest BCUT2D eigenvalue weighted by atomic mass is 9.49. The van der Waals surface area contributed by atoms with Gasteiger partial charge >= 0.3 is 0 Å². The topological polar surface area (TPSA) is 29.1 Å². The van der Waals surface area contributed by atoms with E-state index in [2.05, 4.69) is 53.7 Å². The van der Waals surface area contributed by atoms with Crippen LogP contribution in [0, 0.1) is 17.2 Å². The molecule has 0 atom stereocenters. The van der Waals surface area contributed by atoms with Gasteiger partial charge in [-0.1, -0.05) is 43.8 Å². The van der Waals surface area contributed by atoms with Crippen molar-refractivity contribution in [2.75, 3.05) is 0 Å². The Morgan fingerprint density at radius 3 is 2.47 bits per heavy atom. The van der Waals surface area contributed by atoms with Crippen molar-refractivity contribution < 1.29 is 9.18 Å². The highest BCUT2D eigenvalue weighted by atomic mass is 32.1. The molecule has 5 rings (SSSR count). The highest BCUT2D eigenvalue weighted by molar-refractivity contribution is 7.11. The minimum absolute atomic E-state index is 0.180. The van der Waals surface area contributed by atoms with Crippen LogP contribution in [-0.4, -0.2) is 11.8 Å². The van der Waals surface area contributed by atoms with Crippen LogP contribution in [-0.2, 0) is 17.6 Å². The smallest absolute Gasteiger partial charge is 0.132 e. The fourth-order valence-electron chi connectivity index (χ4n) is 5.80. The Morgan fingerprint density at radius 2 is 1.79 bits per heavy atom. The van der Waals surface area contributed by atoms with Crippen LogP contribution < -0.4 is 5.32 Å². The van der Waals surface area contributed by atoms with Crippen LogP contribution in [0.15, 0.2) is 60.5 Å². The molecule has 0 bridgehead atoms. The Hall–Kier alpha value is -2.72. The third-order valence-corrected chi connectivity index (χ3v) is 8.76. The van der Waals surface area contributed by atoms with Crippen molar-refractivity contribution in [3.8, 4) is 11.1 Å². The van der Waals surface area contributed by atoms with Crippen LogP contribution >= 0.6 is 11.3 Å². The van der Waals surface area contributed by atoms with Gasteiger partial charge in [0.1, 0.15) is 11.6 Å². The first-order valence-corrected chi connectivity index (χ1v) is 13.1. The second-order valence-corrected chi connectivity index (χ2v) is 11.2. The van der Waals surface area contributed by atoms with Gasteiger partial charge < -0.3 is 5.32 Å². The van der Waals surface area contributed by atoms with E-state index in [4.69, 9.17) is 0 Å². The van der Waals surface area contributed by atoms with E-state index in [0.717, 1.165) is 60.9 Å². The summed E-state index contributed by atoms with van der Waals surface area (Å²) in [6.45, 7) is 8.11. The average molecular weight is 474 g/mol. The Kier molecular flexibility index (Phi) is 6.20. The van der Waals surface area contributed by atoms with E-state index in [0.29, 0.717) is 23.2 Å². The highest BCUT2D eigenvalue weighted by Gasteiger charge is 2.53. The monoisotopic (exact) mass is 473 g/mol. The molecule has 2 fully saturated rings. The summed E-state index contributed by atoms with van der Waals surface area (Å²) in [6, 6.07) is 16.4. The van der Waals surface area contributed by atoms with Gasteiger partial charge in [-0.2, -0.15) is 0 Å². The van der Waals surface area contributed by atoms with Gasteiger partial charge in [0.2, 0.25) is 0 Å². The second-order valence-electron chi connectivity index (χ2n) is 10.3. The van der Waals surface area contributed by atoms with Crippen molar-refractivity contribution >= 4 is 22.8 Å². The number of carbonyl (C=O) groups is 1. The first-order valence-electron chi connectivity index (χ1n) is 12.3. The third-order valence-electron chi connectivity index (χ3n) is 7.74. The fourth-order valence-corrected chi connectivity index (χ4v) is 6.66. The maximum absolute atomic E-state index is 14.0. The predicted octanol–water partition coefficient (Wildman–Crippen LogP) is 7.42. The van der Waals surface area contributed by atoms with E-state index in [1.54, 1.807) is 30.4 Å². The average Bonchev–Trinajstić information content (AvgIpc) is 3.22. The van der Waals surface area contributed by atoms with Crippen molar-refractivity contribution in [2.24, 2.45) is 11.3 Å². The van der Waals surface area contributed by atoms with Gasteiger partial charge in [0.15, 0.2) is 0 Å². The summed E-state index contributed by atoms with van der Waals surface area (Å²) in [5, 5.41) is 5.79. The molecule has 2 aliphatic rings. The van der Waals surface area contributed by atoms with Crippen LogP contribution in [0.5, 0.6) is 0 Å². The Balaban J connectivity index is 1.20. The van der Waals surface area contributed by atoms with E-state index in [1.165, 1.54) is 16.0 Å². The molecule has 0 radical (unpaired) electrons. The van der Waals surface area contributed by atoms with Crippen molar-refractivity contribution in [1.29, 1.82) is 0 Å². The van der Waals surface area contributed by atoms with Crippen molar-refractivity contribution in [3.05, 3.63) is 87.9 Å². The molecular weight excluding hydrogens is 441 g/mol. The van der Waals surface area contributed by atoms with Crippen LogP contribution in [0.3, 0.4) is 0 Å². The minimum atomic E-state index is -0.180. The van der Waals surface area contributed by atoms with E-state index >= 15 is 0 Å². The van der Waals surface area contributed by atoms with Gasteiger partial charge in [0.25, 0.3) is 0 Å². The number of aryl methyl sites for hydroxylation is 1. The number of Topliss-reactive ketones (excluding diaryl/α,β-unsaturated/α-hetero) is 1. The zero-order valence-corrected chi connectivity index (χ0v) is 20.8. The summed E-state index contributed by atoms with van der Waals surface area (Å²) in [4.78, 5) is 12.8. The predicted molar refractivity (Wildman–Crippen MR) is 139 cm³/mol. The van der Waals surface area contributed by atoms with E-state index in [9.17, 15) is 9.18 Å². The molecule has 1 heterocycles. The fraction of sp³-hybridized carbons (Fsp3) is 0.367. The number of rotatable bonds is 8. The Morgan fingerprint density at radius 1 is 1.06 bits per heavy atom. The molecule has 176 valence electrons. The zero-order valence-electron chi connectivity index (χ0n) is 20.0. The summed E-state index contributed by atoms with van der Waals surface area (Å²) in [6.07, 6.45) is 6.11. The third kappa shape index (κ3) is 4.61. The Labute approximate surface area is 205 Å². The molecule has 2 aromatic carbocycles. The summed E-state index contributed by atoms with van der Waals surface area (Å²) in [7, 11) is 0. The minimum Gasteiger partial charge on any atom is -0.382 e. The molecule has 2 aliphatic carbocycles. The van der Waals surface area contributed by atoms with E-state index in [-0.39, 0.29) is 5.82 Å². The molecule has 1 spiro atoms. The summed E-state index contributed by atoms with van der Waals surface area (Å²) in [5.74, 6) is 0.471. The number of thiophene rings is 1. The molecule has 1 N–H and O–H groups in total. The summed E-state index contributed by atoms with van der Waals surface area (Å²) < 4.78 is 14.0. The maximum Gasteiger partial charge on any atom is 0.132 e. The molecule has 2 saturated carbocycles. The molecule has 0 amide bonds. The molecule has 0 aliphatic heterocycles. The number of hydrogen-bond donors (Lipinski definition) is 1. The number of halogens is 1. The normalized spacial score (nSPS) is 23.3. The molecule has 4 heteroatoms. The lowest BCUT2D eigenvalue weighted by molar-refractivity contribution is -0.133. The molecule has 34 heavy (non-hydrogen) atoms. The van der Waals surface area contributed by atoms with Gasteiger partial charge in [0.05, 0.1) is 4.88 Å². The zero-order chi connectivity index (χ0) is 23.9. The summed E-state index contributed by atoms with van der Waals surface area (Å²) >= 11 is 1.73. The SMILES string of the molecule is C=C(NC1CC2(C1)CC(C(C)=O)C2)c1sccc1Cc1ccc(-c2cc(F)cc(CC)c2)cc1. The van der Waals surface area contributed by atoms with Gasteiger partial charge in [0, 0.05) is 17.7 Å². The number of ketones is 1. The molecule has 3 aromatic rings. The van der Waals surface area contributed by atoms with Crippen molar-refractivity contribution in [3.63, 3.8) is 0 Å².